The van der Waals surface area contributed by atoms with E-state index in [1.54, 1.807) is 7.11 Å². The predicted octanol–water partition coefficient (Wildman–Crippen LogP) is 4.29. The number of ketones is 1. The van der Waals surface area contributed by atoms with Gasteiger partial charge in [0.25, 0.3) is 0 Å². The van der Waals surface area contributed by atoms with Crippen LogP contribution in [0, 0.1) is 13.8 Å². The Morgan fingerprint density at radius 1 is 1.15 bits per heavy atom. The molecule has 20 heavy (non-hydrogen) atoms. The Balaban J connectivity index is 2.09. The summed E-state index contributed by atoms with van der Waals surface area (Å²) in [6.07, 6.45) is 0. The number of para-hydroxylation sites is 1. The van der Waals surface area contributed by atoms with Crippen LogP contribution in [0.4, 0.5) is 0 Å². The Morgan fingerprint density at radius 2 is 1.90 bits per heavy atom. The van der Waals surface area contributed by atoms with Crippen molar-refractivity contribution in [1.29, 1.82) is 0 Å². The minimum atomic E-state index is 0.151. The van der Waals surface area contributed by atoms with Crippen molar-refractivity contribution < 1.29 is 9.53 Å². The van der Waals surface area contributed by atoms with Gasteiger partial charge in [-0.2, -0.15) is 0 Å². The minimum Gasteiger partial charge on any atom is -0.496 e. The van der Waals surface area contributed by atoms with E-state index in [2.05, 4.69) is 0 Å². The molecule has 0 atom stereocenters. The number of rotatable bonds is 5. The van der Waals surface area contributed by atoms with Gasteiger partial charge in [-0.15, -0.1) is 11.8 Å². The van der Waals surface area contributed by atoms with E-state index in [4.69, 9.17) is 4.74 Å². The summed E-state index contributed by atoms with van der Waals surface area (Å²) in [7, 11) is 1.64. The van der Waals surface area contributed by atoms with E-state index in [0.717, 1.165) is 21.8 Å². The molecule has 0 heterocycles. The average molecular weight is 286 g/mol. The molecule has 0 amide bonds. The zero-order valence-corrected chi connectivity index (χ0v) is 12.8. The van der Waals surface area contributed by atoms with Crippen LogP contribution in [-0.4, -0.2) is 18.6 Å². The average Bonchev–Trinajstić information content (AvgIpc) is 2.45. The molecule has 104 valence electrons. The molecule has 0 spiro atoms. The van der Waals surface area contributed by atoms with Crippen molar-refractivity contribution in [3.63, 3.8) is 0 Å². The monoisotopic (exact) mass is 286 g/mol. The third-order valence-electron chi connectivity index (χ3n) is 3.11. The van der Waals surface area contributed by atoms with Crippen molar-refractivity contribution in [2.45, 2.75) is 18.7 Å². The fourth-order valence-corrected chi connectivity index (χ4v) is 3.00. The summed E-state index contributed by atoms with van der Waals surface area (Å²) in [5.74, 6) is 1.38. The van der Waals surface area contributed by atoms with Crippen molar-refractivity contribution in [2.75, 3.05) is 12.9 Å². The van der Waals surface area contributed by atoms with Crippen LogP contribution in [0.1, 0.15) is 21.5 Å². The number of Topliss-reactive ketones (excluding diaryl/α,β-unsaturated/α-hetero) is 1. The van der Waals surface area contributed by atoms with Gasteiger partial charge in [0.05, 0.1) is 12.9 Å². The lowest BCUT2D eigenvalue weighted by molar-refractivity contribution is 0.102. The van der Waals surface area contributed by atoms with Gasteiger partial charge >= 0.3 is 0 Å². The standard InChI is InChI=1S/C17H18O2S/c1-12-8-9-14(13(2)10-12)15(18)11-20-17-7-5-4-6-16(17)19-3/h4-10H,11H2,1-3H3. The van der Waals surface area contributed by atoms with E-state index in [-0.39, 0.29) is 5.78 Å². The van der Waals surface area contributed by atoms with Crippen LogP contribution in [0.25, 0.3) is 0 Å². The molecule has 0 saturated carbocycles. The number of aryl methyl sites for hydroxylation is 2. The summed E-state index contributed by atoms with van der Waals surface area (Å²) >= 11 is 1.51. The van der Waals surface area contributed by atoms with Crippen LogP contribution in [0.15, 0.2) is 47.4 Å². The summed E-state index contributed by atoms with van der Waals surface area (Å²) in [5.41, 5.74) is 3.02. The van der Waals surface area contributed by atoms with Gasteiger partial charge in [0.2, 0.25) is 0 Å². The molecule has 3 heteroatoms. The molecule has 2 aromatic rings. The van der Waals surface area contributed by atoms with E-state index in [1.807, 2.05) is 56.3 Å². The summed E-state index contributed by atoms with van der Waals surface area (Å²) in [6.45, 7) is 4.01. The van der Waals surface area contributed by atoms with E-state index < -0.39 is 0 Å². The lowest BCUT2D eigenvalue weighted by atomic mass is 10.0. The number of carbonyl (C=O) groups excluding carboxylic acids is 1. The van der Waals surface area contributed by atoms with Crippen LogP contribution in [-0.2, 0) is 0 Å². The van der Waals surface area contributed by atoms with Crippen LogP contribution in [0.2, 0.25) is 0 Å². The number of methoxy groups -OCH3 is 1. The Morgan fingerprint density at radius 3 is 2.60 bits per heavy atom. The van der Waals surface area contributed by atoms with Gasteiger partial charge in [-0.05, 0) is 31.5 Å². The SMILES string of the molecule is COc1ccccc1SCC(=O)c1ccc(C)cc1C. The quantitative estimate of drug-likeness (QED) is 0.606. The second-order valence-electron chi connectivity index (χ2n) is 4.68. The molecule has 0 fully saturated rings. The first-order chi connectivity index (χ1) is 9.61. The Bertz CT molecular complexity index is 620. The summed E-state index contributed by atoms with van der Waals surface area (Å²) in [6, 6.07) is 13.7. The number of benzene rings is 2. The molecule has 0 aliphatic heterocycles. The lowest BCUT2D eigenvalue weighted by Crippen LogP contribution is -2.05. The highest BCUT2D eigenvalue weighted by Crippen LogP contribution is 2.29. The molecule has 0 aromatic heterocycles. The van der Waals surface area contributed by atoms with Crippen LogP contribution in [0.3, 0.4) is 0 Å². The molecule has 0 unspecified atom stereocenters. The first kappa shape index (κ1) is 14.7. The van der Waals surface area contributed by atoms with Crippen LogP contribution in [0.5, 0.6) is 5.75 Å². The number of hydrogen-bond acceptors (Lipinski definition) is 3. The van der Waals surface area contributed by atoms with Gasteiger partial charge in [-0.25, -0.2) is 0 Å². The Labute approximate surface area is 124 Å². The topological polar surface area (TPSA) is 26.3 Å². The van der Waals surface area contributed by atoms with Crippen molar-refractivity contribution >= 4 is 17.5 Å². The molecule has 2 rings (SSSR count). The van der Waals surface area contributed by atoms with Crippen molar-refractivity contribution in [3.8, 4) is 5.75 Å². The van der Waals surface area contributed by atoms with Gasteiger partial charge in [-0.3, -0.25) is 4.79 Å². The van der Waals surface area contributed by atoms with E-state index in [0.29, 0.717) is 5.75 Å². The minimum absolute atomic E-state index is 0.151. The molecule has 2 nitrogen and oxygen atoms in total. The fraction of sp³-hybridized carbons (Fsp3) is 0.235. The highest BCUT2D eigenvalue weighted by molar-refractivity contribution is 8.00. The molecule has 0 aliphatic rings. The largest absolute Gasteiger partial charge is 0.496 e. The van der Waals surface area contributed by atoms with Crippen molar-refractivity contribution in [3.05, 3.63) is 59.2 Å². The molecular formula is C17H18O2S. The Hall–Kier alpha value is -1.74. The number of thioether (sulfide) groups is 1. The van der Waals surface area contributed by atoms with Gasteiger partial charge < -0.3 is 4.74 Å². The van der Waals surface area contributed by atoms with E-state index in [9.17, 15) is 4.79 Å². The van der Waals surface area contributed by atoms with E-state index in [1.165, 1.54) is 17.3 Å². The highest BCUT2D eigenvalue weighted by atomic mass is 32.2. The molecule has 0 bridgehead atoms. The molecule has 0 saturated heterocycles. The zero-order chi connectivity index (χ0) is 14.5. The van der Waals surface area contributed by atoms with Gasteiger partial charge in [0.1, 0.15) is 5.75 Å². The fourth-order valence-electron chi connectivity index (χ4n) is 2.09. The first-order valence-corrected chi connectivity index (χ1v) is 7.46. The zero-order valence-electron chi connectivity index (χ0n) is 12.0. The molecule has 2 aromatic carbocycles. The number of hydrogen-bond donors (Lipinski definition) is 0. The van der Waals surface area contributed by atoms with E-state index >= 15 is 0 Å². The van der Waals surface area contributed by atoms with Gasteiger partial charge in [-0.1, -0.05) is 35.9 Å². The van der Waals surface area contributed by atoms with Crippen LogP contribution < -0.4 is 4.74 Å². The van der Waals surface area contributed by atoms with Crippen molar-refractivity contribution in [1.82, 2.24) is 0 Å². The number of ether oxygens (including phenoxy) is 1. The third-order valence-corrected chi connectivity index (χ3v) is 4.16. The normalized spacial score (nSPS) is 10.3. The number of carbonyl (C=O) groups is 1. The first-order valence-electron chi connectivity index (χ1n) is 6.48. The predicted molar refractivity (Wildman–Crippen MR) is 84.0 cm³/mol. The highest BCUT2D eigenvalue weighted by Gasteiger charge is 2.11. The summed E-state index contributed by atoms with van der Waals surface area (Å²) in [4.78, 5) is 13.3. The third kappa shape index (κ3) is 3.42. The van der Waals surface area contributed by atoms with Gasteiger partial charge in [0.15, 0.2) is 5.78 Å². The van der Waals surface area contributed by atoms with Gasteiger partial charge in [0, 0.05) is 10.5 Å². The summed E-state index contributed by atoms with van der Waals surface area (Å²) in [5, 5.41) is 0. The molecule has 0 radical (unpaired) electrons. The lowest BCUT2D eigenvalue weighted by Gasteiger charge is -2.08. The summed E-state index contributed by atoms with van der Waals surface area (Å²) < 4.78 is 5.29. The second kappa shape index (κ2) is 6.62. The molecular weight excluding hydrogens is 268 g/mol. The smallest absolute Gasteiger partial charge is 0.173 e. The maximum atomic E-state index is 12.3. The Kier molecular flexibility index (Phi) is 4.85. The molecule has 0 N–H and O–H groups in total. The maximum Gasteiger partial charge on any atom is 0.173 e. The van der Waals surface area contributed by atoms with Crippen molar-refractivity contribution in [2.24, 2.45) is 0 Å². The van der Waals surface area contributed by atoms with Crippen LogP contribution >= 0.6 is 11.8 Å². The second-order valence-corrected chi connectivity index (χ2v) is 5.70. The molecule has 0 aliphatic carbocycles. The maximum absolute atomic E-state index is 12.3.